The number of aryl methyl sites for hydroxylation is 1. The average Bonchev–Trinajstić information content (AvgIpc) is 3.35. The van der Waals surface area contributed by atoms with Crippen molar-refractivity contribution >= 4 is 40.1 Å². The third kappa shape index (κ3) is 3.62. The zero-order valence-electron chi connectivity index (χ0n) is 16.8. The third-order valence-electron chi connectivity index (χ3n) is 4.82. The summed E-state index contributed by atoms with van der Waals surface area (Å²) in [6.07, 6.45) is 0.828. The number of nitrogens with zero attached hydrogens (tertiary/aromatic N) is 1. The predicted octanol–water partition coefficient (Wildman–Crippen LogP) is 5.24. The molecule has 5 nitrogen and oxygen atoms in total. The van der Waals surface area contributed by atoms with Crippen LogP contribution in [0.5, 0.6) is 5.75 Å². The number of para-hydroxylation sites is 3. The molecule has 2 amide bonds. The first kappa shape index (κ1) is 19.9. The van der Waals surface area contributed by atoms with E-state index in [1.807, 2.05) is 61.7 Å². The van der Waals surface area contributed by atoms with E-state index in [1.165, 1.54) is 16.2 Å². The molecule has 2 heterocycles. The maximum Gasteiger partial charge on any atom is 0.282 e. The molecule has 1 aromatic heterocycles. The monoisotopic (exact) mass is 418 g/mol. The molecule has 2 aromatic carbocycles. The van der Waals surface area contributed by atoms with Gasteiger partial charge in [0.1, 0.15) is 11.4 Å². The zero-order valence-corrected chi connectivity index (χ0v) is 17.7. The van der Waals surface area contributed by atoms with Gasteiger partial charge in [0.05, 0.1) is 17.9 Å². The minimum atomic E-state index is -0.390. The lowest BCUT2D eigenvalue weighted by Crippen LogP contribution is -2.32. The minimum Gasteiger partial charge on any atom is -0.491 e. The van der Waals surface area contributed by atoms with Crippen molar-refractivity contribution in [2.75, 3.05) is 16.8 Å². The average molecular weight is 419 g/mol. The summed E-state index contributed by atoms with van der Waals surface area (Å²) in [6.45, 7) is 4.48. The Bertz CT molecular complexity index is 1120. The van der Waals surface area contributed by atoms with Crippen LogP contribution in [0.1, 0.15) is 23.8 Å². The summed E-state index contributed by atoms with van der Waals surface area (Å²) in [5.41, 5.74) is 2.89. The summed E-state index contributed by atoms with van der Waals surface area (Å²) in [7, 11) is 0. The number of thiophene rings is 1. The minimum absolute atomic E-state index is 0.280. The number of hydrogen-bond acceptors (Lipinski definition) is 5. The van der Waals surface area contributed by atoms with Crippen molar-refractivity contribution in [3.05, 3.63) is 82.2 Å². The fourth-order valence-corrected chi connectivity index (χ4v) is 4.11. The van der Waals surface area contributed by atoms with E-state index in [9.17, 15) is 9.59 Å². The molecule has 30 heavy (non-hydrogen) atoms. The van der Waals surface area contributed by atoms with Gasteiger partial charge in [0.15, 0.2) is 0 Å². The van der Waals surface area contributed by atoms with Crippen molar-refractivity contribution in [3.8, 4) is 5.75 Å². The SMILES string of the molecule is CCCOc1ccccc1N1C(=O)C(Nc2ccccc2C)=C(c2cccs2)C1=O. The van der Waals surface area contributed by atoms with Crippen LogP contribution in [0.4, 0.5) is 11.4 Å². The predicted molar refractivity (Wildman–Crippen MR) is 121 cm³/mol. The number of imide groups is 1. The highest BCUT2D eigenvalue weighted by Gasteiger charge is 2.41. The summed E-state index contributed by atoms with van der Waals surface area (Å²) in [5, 5.41) is 5.12. The lowest BCUT2D eigenvalue weighted by molar-refractivity contribution is -0.120. The molecule has 0 radical (unpaired) electrons. The van der Waals surface area contributed by atoms with Crippen LogP contribution in [0.2, 0.25) is 0 Å². The Morgan fingerprint density at radius 1 is 0.967 bits per heavy atom. The third-order valence-corrected chi connectivity index (χ3v) is 5.71. The summed E-state index contributed by atoms with van der Waals surface area (Å²) in [6, 6.07) is 18.6. The number of carbonyl (C=O) groups excluding carboxylic acids is 2. The molecule has 0 unspecified atom stereocenters. The molecule has 0 fully saturated rings. The molecular weight excluding hydrogens is 396 g/mol. The summed E-state index contributed by atoms with van der Waals surface area (Å²) < 4.78 is 5.81. The molecule has 0 spiro atoms. The number of hydrogen-bond donors (Lipinski definition) is 1. The first-order valence-corrected chi connectivity index (χ1v) is 10.7. The van der Waals surface area contributed by atoms with Crippen LogP contribution in [-0.4, -0.2) is 18.4 Å². The molecular formula is C24H22N2O3S. The van der Waals surface area contributed by atoms with Crippen LogP contribution in [-0.2, 0) is 9.59 Å². The van der Waals surface area contributed by atoms with E-state index in [0.29, 0.717) is 23.6 Å². The van der Waals surface area contributed by atoms with Gasteiger partial charge in [0.25, 0.3) is 11.8 Å². The van der Waals surface area contributed by atoms with E-state index < -0.39 is 0 Å². The largest absolute Gasteiger partial charge is 0.491 e. The first-order chi connectivity index (χ1) is 14.6. The second kappa shape index (κ2) is 8.55. The highest BCUT2D eigenvalue weighted by Crippen LogP contribution is 2.39. The number of anilines is 2. The Hall–Kier alpha value is -3.38. The molecule has 152 valence electrons. The van der Waals surface area contributed by atoms with Gasteiger partial charge in [-0.1, -0.05) is 43.3 Å². The quantitative estimate of drug-likeness (QED) is 0.533. The number of carbonyl (C=O) groups is 2. The van der Waals surface area contributed by atoms with Crippen molar-refractivity contribution in [1.29, 1.82) is 0 Å². The number of ether oxygens (including phenoxy) is 1. The Kier molecular flexibility index (Phi) is 5.68. The van der Waals surface area contributed by atoms with Gasteiger partial charge in [-0.3, -0.25) is 9.59 Å². The number of benzene rings is 2. The standard InChI is InChI=1S/C24H22N2O3S/c1-3-14-29-19-12-7-6-11-18(19)26-23(27)21(20-13-8-15-30-20)22(24(26)28)25-17-10-5-4-9-16(17)2/h4-13,15,25H,3,14H2,1-2H3. The normalized spacial score (nSPS) is 13.9. The van der Waals surface area contributed by atoms with Crippen molar-refractivity contribution in [1.82, 2.24) is 0 Å². The van der Waals surface area contributed by atoms with E-state index in [2.05, 4.69) is 5.32 Å². The highest BCUT2D eigenvalue weighted by atomic mass is 32.1. The molecule has 0 aliphatic carbocycles. The van der Waals surface area contributed by atoms with E-state index in [0.717, 1.165) is 22.5 Å². The Labute approximate surface area is 179 Å². The summed E-state index contributed by atoms with van der Waals surface area (Å²) in [4.78, 5) is 28.9. The van der Waals surface area contributed by atoms with Crippen LogP contribution in [0.3, 0.4) is 0 Å². The fraction of sp³-hybridized carbons (Fsp3) is 0.167. The van der Waals surface area contributed by atoms with E-state index in [4.69, 9.17) is 4.74 Å². The maximum absolute atomic E-state index is 13.5. The second-order valence-electron chi connectivity index (χ2n) is 6.93. The lowest BCUT2D eigenvalue weighted by Gasteiger charge is -2.19. The van der Waals surface area contributed by atoms with Gasteiger partial charge < -0.3 is 10.1 Å². The Morgan fingerprint density at radius 2 is 1.73 bits per heavy atom. The maximum atomic E-state index is 13.5. The van der Waals surface area contributed by atoms with Crippen LogP contribution >= 0.6 is 11.3 Å². The van der Waals surface area contributed by atoms with Crippen LogP contribution in [0, 0.1) is 6.92 Å². The van der Waals surface area contributed by atoms with Crippen LogP contribution < -0.4 is 15.0 Å². The molecule has 1 aliphatic heterocycles. The molecule has 1 aliphatic rings. The number of nitrogens with one attached hydrogen (secondary N) is 1. The van der Waals surface area contributed by atoms with Gasteiger partial charge in [-0.15, -0.1) is 11.3 Å². The van der Waals surface area contributed by atoms with Gasteiger partial charge >= 0.3 is 0 Å². The van der Waals surface area contributed by atoms with Gasteiger partial charge in [-0.25, -0.2) is 4.90 Å². The smallest absolute Gasteiger partial charge is 0.282 e. The lowest BCUT2D eigenvalue weighted by atomic mass is 10.1. The second-order valence-corrected chi connectivity index (χ2v) is 7.88. The van der Waals surface area contributed by atoms with Crippen molar-refractivity contribution in [2.45, 2.75) is 20.3 Å². The van der Waals surface area contributed by atoms with Gasteiger partial charge in [0, 0.05) is 10.6 Å². The molecule has 0 saturated heterocycles. The topological polar surface area (TPSA) is 58.6 Å². The van der Waals surface area contributed by atoms with E-state index >= 15 is 0 Å². The Morgan fingerprint density at radius 3 is 2.47 bits per heavy atom. The van der Waals surface area contributed by atoms with Crippen LogP contribution in [0.15, 0.2) is 71.7 Å². The number of amides is 2. The van der Waals surface area contributed by atoms with Gasteiger partial charge in [-0.05, 0) is 48.6 Å². The van der Waals surface area contributed by atoms with E-state index in [-0.39, 0.29) is 17.5 Å². The van der Waals surface area contributed by atoms with Gasteiger partial charge in [0.2, 0.25) is 0 Å². The molecule has 0 bridgehead atoms. The zero-order chi connectivity index (χ0) is 21.1. The first-order valence-electron chi connectivity index (χ1n) is 9.83. The van der Waals surface area contributed by atoms with Crippen molar-refractivity contribution in [3.63, 3.8) is 0 Å². The molecule has 0 atom stereocenters. The molecule has 1 N–H and O–H groups in total. The Balaban J connectivity index is 1.79. The summed E-state index contributed by atoms with van der Waals surface area (Å²) in [5.74, 6) is -0.228. The van der Waals surface area contributed by atoms with Crippen LogP contribution in [0.25, 0.3) is 5.57 Å². The van der Waals surface area contributed by atoms with Crippen molar-refractivity contribution < 1.29 is 14.3 Å². The molecule has 3 aromatic rings. The number of rotatable bonds is 7. The fourth-order valence-electron chi connectivity index (χ4n) is 3.34. The summed E-state index contributed by atoms with van der Waals surface area (Å²) >= 11 is 1.43. The van der Waals surface area contributed by atoms with Gasteiger partial charge in [-0.2, -0.15) is 0 Å². The van der Waals surface area contributed by atoms with E-state index in [1.54, 1.807) is 18.2 Å². The highest BCUT2D eigenvalue weighted by molar-refractivity contribution is 7.11. The molecule has 0 saturated carbocycles. The molecule has 6 heteroatoms. The molecule has 4 rings (SSSR count). The van der Waals surface area contributed by atoms with Crippen molar-refractivity contribution in [2.24, 2.45) is 0 Å².